The summed E-state index contributed by atoms with van der Waals surface area (Å²) in [7, 11) is 0. The minimum Gasteiger partial charge on any atom is -0.468 e. The van der Waals surface area contributed by atoms with Crippen molar-refractivity contribution in [3.05, 3.63) is 35.6 Å². The normalized spacial score (nSPS) is 32.4. The highest BCUT2D eigenvalue weighted by Gasteiger charge is 2.62. The summed E-state index contributed by atoms with van der Waals surface area (Å²) in [4.78, 5) is 4.02. The van der Waals surface area contributed by atoms with Gasteiger partial charge in [0.05, 0.1) is 0 Å². The quantitative estimate of drug-likeness (QED) is 0.765. The summed E-state index contributed by atoms with van der Waals surface area (Å²) in [5, 5.41) is 0. The fourth-order valence-electron chi connectivity index (χ4n) is 3.01. The summed E-state index contributed by atoms with van der Waals surface area (Å²) in [6, 6.07) is 5.53. The van der Waals surface area contributed by atoms with Gasteiger partial charge in [-0.3, -0.25) is 0 Å². The Morgan fingerprint density at radius 2 is 1.91 bits per heavy atom. The number of ether oxygens (including phenoxy) is 1. The van der Waals surface area contributed by atoms with E-state index in [1.807, 2.05) is 0 Å². The number of hydrogen-bond acceptors (Lipinski definition) is 2. The molecule has 2 aliphatic rings. The van der Waals surface area contributed by atoms with Gasteiger partial charge in [-0.15, -0.1) is 0 Å². The Hall–Kier alpha value is -1.59. The molecule has 22 heavy (non-hydrogen) atoms. The van der Waals surface area contributed by atoms with Gasteiger partial charge in [-0.25, -0.2) is 22.6 Å². The third-order valence-electron chi connectivity index (χ3n) is 4.41. The number of nitrogens with zero attached hydrogens (tertiary/aromatic N) is 1. The van der Waals surface area contributed by atoms with Gasteiger partial charge in [0.1, 0.15) is 11.4 Å². The van der Waals surface area contributed by atoms with Crippen molar-refractivity contribution >= 4 is 5.90 Å². The fraction of sp³-hybridized carbons (Fsp3) is 0.562. The van der Waals surface area contributed by atoms with Gasteiger partial charge in [0.25, 0.3) is 5.92 Å². The predicted molar refractivity (Wildman–Crippen MR) is 74.3 cm³/mol. The largest absolute Gasteiger partial charge is 0.468 e. The third-order valence-corrected chi connectivity index (χ3v) is 4.41. The van der Waals surface area contributed by atoms with Crippen molar-refractivity contribution in [3.63, 3.8) is 0 Å². The van der Waals surface area contributed by atoms with Crippen molar-refractivity contribution in [2.24, 2.45) is 10.9 Å². The van der Waals surface area contributed by atoms with Crippen LogP contribution in [0.3, 0.4) is 0 Å². The first-order valence-corrected chi connectivity index (χ1v) is 7.27. The van der Waals surface area contributed by atoms with E-state index >= 15 is 0 Å². The SMILES string of the molecule is CC1=N[C@](C)(c2ccccc2F)[C@@H](F)[C@@H](C(F)(F)C2CC2)O1. The molecule has 3 atom stereocenters. The Morgan fingerprint density at radius 3 is 2.50 bits per heavy atom. The van der Waals surface area contributed by atoms with Crippen molar-refractivity contribution in [2.45, 2.75) is 50.4 Å². The Kier molecular flexibility index (Phi) is 3.45. The van der Waals surface area contributed by atoms with E-state index in [2.05, 4.69) is 4.99 Å². The van der Waals surface area contributed by atoms with Gasteiger partial charge in [-0.2, -0.15) is 0 Å². The third kappa shape index (κ3) is 2.29. The standard InChI is InChI=1S/C16H17F4NO/c1-9-21-15(2,11-5-3-4-6-12(11)17)13(18)14(22-9)16(19,20)10-7-8-10/h3-6,10,13-14H,7-8H2,1-2H3/t13-,14-,15+/m0/s1. The molecule has 120 valence electrons. The second-order valence-electron chi connectivity index (χ2n) is 6.15. The lowest BCUT2D eigenvalue weighted by Crippen LogP contribution is -2.55. The van der Waals surface area contributed by atoms with Crippen LogP contribution in [0.15, 0.2) is 29.3 Å². The van der Waals surface area contributed by atoms with Gasteiger partial charge >= 0.3 is 0 Å². The fourth-order valence-corrected chi connectivity index (χ4v) is 3.01. The Balaban J connectivity index is 2.04. The highest BCUT2D eigenvalue weighted by atomic mass is 19.3. The maximum absolute atomic E-state index is 14.9. The average Bonchev–Trinajstić information content (AvgIpc) is 3.28. The van der Waals surface area contributed by atoms with Crippen LogP contribution < -0.4 is 0 Å². The van der Waals surface area contributed by atoms with E-state index in [0.717, 1.165) is 0 Å². The van der Waals surface area contributed by atoms with Crippen LogP contribution in [0.4, 0.5) is 17.6 Å². The summed E-state index contributed by atoms with van der Waals surface area (Å²) in [6.07, 6.45) is -3.37. The van der Waals surface area contributed by atoms with Crippen LogP contribution in [0.1, 0.15) is 32.3 Å². The molecule has 1 saturated carbocycles. The molecule has 1 aliphatic carbocycles. The lowest BCUT2D eigenvalue weighted by Gasteiger charge is -2.41. The van der Waals surface area contributed by atoms with Crippen LogP contribution in [0.2, 0.25) is 0 Å². The van der Waals surface area contributed by atoms with Crippen LogP contribution in [-0.4, -0.2) is 24.1 Å². The van der Waals surface area contributed by atoms with Crippen molar-refractivity contribution in [2.75, 3.05) is 0 Å². The molecule has 0 saturated heterocycles. The zero-order valence-corrected chi connectivity index (χ0v) is 12.3. The lowest BCUT2D eigenvalue weighted by atomic mass is 9.81. The molecule has 0 unspecified atom stereocenters. The summed E-state index contributed by atoms with van der Waals surface area (Å²) in [5.41, 5.74) is -1.77. The number of hydrogen-bond donors (Lipinski definition) is 0. The van der Waals surface area contributed by atoms with Gasteiger partial charge in [0, 0.05) is 18.4 Å². The molecular weight excluding hydrogens is 298 g/mol. The molecule has 0 aromatic heterocycles. The van der Waals surface area contributed by atoms with Crippen LogP contribution in [0.25, 0.3) is 0 Å². The number of benzene rings is 1. The molecule has 0 spiro atoms. The smallest absolute Gasteiger partial charge is 0.289 e. The minimum atomic E-state index is -3.29. The minimum absolute atomic E-state index is 0.0400. The molecule has 0 radical (unpaired) electrons. The Bertz CT molecular complexity index is 614. The van der Waals surface area contributed by atoms with E-state index in [-0.39, 0.29) is 11.5 Å². The molecule has 1 aromatic rings. The number of alkyl halides is 3. The number of halogens is 4. The second-order valence-corrected chi connectivity index (χ2v) is 6.15. The van der Waals surface area contributed by atoms with Gasteiger partial charge in [0.2, 0.25) is 0 Å². The molecule has 3 rings (SSSR count). The number of rotatable bonds is 3. The van der Waals surface area contributed by atoms with Crippen LogP contribution in [0, 0.1) is 11.7 Å². The van der Waals surface area contributed by atoms with Crippen LogP contribution >= 0.6 is 0 Å². The maximum atomic E-state index is 14.9. The first kappa shape index (κ1) is 15.3. The Labute approximate surface area is 126 Å². The maximum Gasteiger partial charge on any atom is 0.289 e. The molecule has 1 heterocycles. The predicted octanol–water partition coefficient (Wildman–Crippen LogP) is 4.24. The zero-order chi connectivity index (χ0) is 16.1. The highest BCUT2D eigenvalue weighted by Crippen LogP contribution is 2.51. The van der Waals surface area contributed by atoms with E-state index in [1.54, 1.807) is 0 Å². The van der Waals surface area contributed by atoms with Gasteiger partial charge < -0.3 is 4.74 Å². The summed E-state index contributed by atoms with van der Waals surface area (Å²) >= 11 is 0. The van der Waals surface area contributed by atoms with E-state index in [9.17, 15) is 17.6 Å². The molecular formula is C16H17F4NO. The van der Waals surface area contributed by atoms with Gasteiger partial charge in [0.15, 0.2) is 18.2 Å². The van der Waals surface area contributed by atoms with Crippen molar-refractivity contribution in [1.29, 1.82) is 0 Å². The van der Waals surface area contributed by atoms with E-state index < -0.39 is 35.5 Å². The topological polar surface area (TPSA) is 21.6 Å². The molecule has 2 nitrogen and oxygen atoms in total. The van der Waals surface area contributed by atoms with E-state index in [0.29, 0.717) is 12.8 Å². The number of aliphatic imine (C=N–C) groups is 1. The van der Waals surface area contributed by atoms with Crippen molar-refractivity contribution in [3.8, 4) is 0 Å². The van der Waals surface area contributed by atoms with Crippen LogP contribution in [0.5, 0.6) is 0 Å². The first-order valence-electron chi connectivity index (χ1n) is 7.27. The van der Waals surface area contributed by atoms with E-state index in [1.165, 1.54) is 38.1 Å². The molecule has 6 heteroatoms. The van der Waals surface area contributed by atoms with Gasteiger partial charge in [-0.05, 0) is 25.8 Å². The molecule has 0 bridgehead atoms. The average molecular weight is 315 g/mol. The van der Waals surface area contributed by atoms with Gasteiger partial charge in [-0.1, -0.05) is 18.2 Å². The highest BCUT2D eigenvalue weighted by molar-refractivity contribution is 5.75. The van der Waals surface area contributed by atoms with Crippen molar-refractivity contribution < 1.29 is 22.3 Å². The summed E-state index contributed by atoms with van der Waals surface area (Å²) < 4.78 is 62.7. The van der Waals surface area contributed by atoms with E-state index in [4.69, 9.17) is 4.74 Å². The Morgan fingerprint density at radius 1 is 1.27 bits per heavy atom. The summed E-state index contributed by atoms with van der Waals surface area (Å²) in [6.45, 7) is 2.72. The molecule has 1 aliphatic heterocycles. The summed E-state index contributed by atoms with van der Waals surface area (Å²) in [5.74, 6) is -4.88. The first-order chi connectivity index (χ1) is 10.3. The second kappa shape index (κ2) is 4.96. The molecule has 0 N–H and O–H groups in total. The monoisotopic (exact) mass is 315 g/mol. The zero-order valence-electron chi connectivity index (χ0n) is 12.3. The molecule has 1 fully saturated rings. The lowest BCUT2D eigenvalue weighted by molar-refractivity contribution is -0.161. The van der Waals surface area contributed by atoms with Crippen LogP contribution in [-0.2, 0) is 10.3 Å². The van der Waals surface area contributed by atoms with Crippen molar-refractivity contribution in [1.82, 2.24) is 0 Å². The molecule has 0 amide bonds. The molecule has 1 aromatic carbocycles.